The molecule has 1 N–H and O–H groups in total. The molecule has 1 saturated carbocycles. The Kier molecular flexibility index (Phi) is 3.86. The topological polar surface area (TPSA) is 12.0 Å². The van der Waals surface area contributed by atoms with Crippen LogP contribution in [0.3, 0.4) is 0 Å². The lowest BCUT2D eigenvalue weighted by Crippen LogP contribution is -2.41. The number of piperidine rings is 1. The van der Waals surface area contributed by atoms with E-state index in [1.54, 1.807) is 0 Å². The van der Waals surface area contributed by atoms with Crippen LogP contribution in [0.4, 0.5) is 0 Å². The zero-order chi connectivity index (χ0) is 9.80. The average molecular weight is 195 g/mol. The Bertz CT molecular complexity index is 161. The van der Waals surface area contributed by atoms with Crippen LogP contribution >= 0.6 is 0 Å². The molecule has 2 aliphatic rings. The first-order chi connectivity index (χ1) is 6.90. The molecule has 1 heterocycles. The molecule has 1 heteroatoms. The summed E-state index contributed by atoms with van der Waals surface area (Å²) in [5.74, 6) is 2.05. The third kappa shape index (κ3) is 2.50. The lowest BCUT2D eigenvalue weighted by atomic mass is 9.75. The van der Waals surface area contributed by atoms with E-state index in [1.165, 1.54) is 57.9 Å². The monoisotopic (exact) mass is 195 g/mol. The van der Waals surface area contributed by atoms with E-state index in [-0.39, 0.29) is 0 Å². The fourth-order valence-corrected chi connectivity index (χ4v) is 3.35. The summed E-state index contributed by atoms with van der Waals surface area (Å²) in [6, 6.07) is 0.873. The van der Waals surface area contributed by atoms with Crippen molar-refractivity contribution in [1.29, 1.82) is 0 Å². The maximum Gasteiger partial charge on any atom is 0.00954 e. The van der Waals surface area contributed by atoms with Crippen molar-refractivity contribution in [2.45, 2.75) is 64.3 Å². The van der Waals surface area contributed by atoms with Crippen molar-refractivity contribution in [3.8, 4) is 0 Å². The Hall–Kier alpha value is -0.0400. The molecule has 3 unspecified atom stereocenters. The predicted octanol–water partition coefficient (Wildman–Crippen LogP) is 3.34. The second kappa shape index (κ2) is 5.16. The van der Waals surface area contributed by atoms with Crippen LogP contribution in [-0.4, -0.2) is 12.6 Å². The summed E-state index contributed by atoms with van der Waals surface area (Å²) >= 11 is 0. The summed E-state index contributed by atoms with van der Waals surface area (Å²) in [5, 5.41) is 3.73. The van der Waals surface area contributed by atoms with Gasteiger partial charge in [-0.2, -0.15) is 0 Å². The second-order valence-corrected chi connectivity index (χ2v) is 5.26. The molecule has 0 aromatic heterocycles. The van der Waals surface area contributed by atoms with Crippen LogP contribution in [-0.2, 0) is 0 Å². The van der Waals surface area contributed by atoms with Crippen LogP contribution in [0, 0.1) is 11.8 Å². The molecule has 0 aromatic carbocycles. The highest BCUT2D eigenvalue weighted by molar-refractivity contribution is 4.84. The molecule has 14 heavy (non-hydrogen) atoms. The summed E-state index contributed by atoms with van der Waals surface area (Å²) in [4.78, 5) is 0. The summed E-state index contributed by atoms with van der Waals surface area (Å²) in [6.07, 6.45) is 11.7. The van der Waals surface area contributed by atoms with Gasteiger partial charge in [-0.25, -0.2) is 0 Å². The Morgan fingerprint density at radius 3 is 2.71 bits per heavy atom. The van der Waals surface area contributed by atoms with Crippen molar-refractivity contribution in [1.82, 2.24) is 5.32 Å². The van der Waals surface area contributed by atoms with Crippen LogP contribution in [0.25, 0.3) is 0 Å². The van der Waals surface area contributed by atoms with E-state index in [0.717, 1.165) is 17.9 Å². The minimum atomic E-state index is 0.873. The predicted molar refractivity (Wildman–Crippen MR) is 61.4 cm³/mol. The van der Waals surface area contributed by atoms with E-state index in [0.29, 0.717) is 0 Å². The first-order valence-electron chi connectivity index (χ1n) is 6.63. The maximum absolute atomic E-state index is 3.73. The first kappa shape index (κ1) is 10.5. The quantitative estimate of drug-likeness (QED) is 0.712. The second-order valence-electron chi connectivity index (χ2n) is 5.26. The Morgan fingerprint density at radius 2 is 2.00 bits per heavy atom. The van der Waals surface area contributed by atoms with Gasteiger partial charge in [0.15, 0.2) is 0 Å². The van der Waals surface area contributed by atoms with E-state index < -0.39 is 0 Å². The van der Waals surface area contributed by atoms with E-state index in [1.807, 2.05) is 0 Å². The molecule has 0 aromatic rings. The number of hydrogen-bond acceptors (Lipinski definition) is 1. The third-order valence-electron chi connectivity index (χ3n) is 4.32. The summed E-state index contributed by atoms with van der Waals surface area (Å²) in [5.41, 5.74) is 0. The van der Waals surface area contributed by atoms with Gasteiger partial charge in [0, 0.05) is 6.04 Å². The maximum atomic E-state index is 3.73. The van der Waals surface area contributed by atoms with Crippen molar-refractivity contribution in [3.63, 3.8) is 0 Å². The molecule has 1 aliphatic heterocycles. The Labute approximate surface area is 88.7 Å². The van der Waals surface area contributed by atoms with Crippen molar-refractivity contribution >= 4 is 0 Å². The van der Waals surface area contributed by atoms with Crippen LogP contribution in [0.2, 0.25) is 0 Å². The Balaban J connectivity index is 1.83. The van der Waals surface area contributed by atoms with Gasteiger partial charge >= 0.3 is 0 Å². The van der Waals surface area contributed by atoms with Gasteiger partial charge in [0.25, 0.3) is 0 Å². The molecule has 1 nitrogen and oxygen atoms in total. The lowest BCUT2D eigenvalue weighted by molar-refractivity contribution is 0.188. The zero-order valence-corrected chi connectivity index (χ0v) is 9.60. The molecule has 1 aliphatic carbocycles. The molecule has 0 bridgehead atoms. The van der Waals surface area contributed by atoms with Gasteiger partial charge in [-0.1, -0.05) is 32.6 Å². The smallest absolute Gasteiger partial charge is 0.00954 e. The normalized spacial score (nSPS) is 39.6. The van der Waals surface area contributed by atoms with E-state index in [9.17, 15) is 0 Å². The summed E-state index contributed by atoms with van der Waals surface area (Å²) < 4.78 is 0. The van der Waals surface area contributed by atoms with Crippen LogP contribution in [0.5, 0.6) is 0 Å². The van der Waals surface area contributed by atoms with Crippen LogP contribution < -0.4 is 5.32 Å². The number of hydrogen-bond donors (Lipinski definition) is 1. The van der Waals surface area contributed by atoms with Crippen molar-refractivity contribution in [3.05, 3.63) is 0 Å². The van der Waals surface area contributed by atoms with Gasteiger partial charge in [-0.15, -0.1) is 0 Å². The molecular formula is C13H25N. The standard InChI is InChI=1S/C13H25N/c1-2-11-6-5-7-12(10-11)13-8-3-4-9-14-13/h11-14H,2-10H2,1H3. The van der Waals surface area contributed by atoms with Crippen LogP contribution in [0.1, 0.15) is 58.3 Å². The van der Waals surface area contributed by atoms with Gasteiger partial charge in [-0.05, 0) is 44.1 Å². The lowest BCUT2D eigenvalue weighted by Gasteiger charge is -2.36. The minimum absolute atomic E-state index is 0.873. The minimum Gasteiger partial charge on any atom is -0.314 e. The summed E-state index contributed by atoms with van der Waals surface area (Å²) in [7, 11) is 0. The summed E-state index contributed by atoms with van der Waals surface area (Å²) in [6.45, 7) is 3.64. The van der Waals surface area contributed by atoms with Gasteiger partial charge < -0.3 is 5.32 Å². The van der Waals surface area contributed by atoms with Crippen molar-refractivity contribution in [2.75, 3.05) is 6.54 Å². The highest BCUT2D eigenvalue weighted by Gasteiger charge is 2.28. The van der Waals surface area contributed by atoms with Gasteiger partial charge in [-0.3, -0.25) is 0 Å². The molecule has 2 rings (SSSR count). The zero-order valence-electron chi connectivity index (χ0n) is 9.60. The first-order valence-corrected chi connectivity index (χ1v) is 6.63. The largest absolute Gasteiger partial charge is 0.314 e. The molecule has 0 amide bonds. The van der Waals surface area contributed by atoms with E-state index >= 15 is 0 Å². The van der Waals surface area contributed by atoms with Crippen LogP contribution in [0.15, 0.2) is 0 Å². The molecule has 82 valence electrons. The molecule has 3 atom stereocenters. The van der Waals surface area contributed by atoms with E-state index in [4.69, 9.17) is 0 Å². The van der Waals surface area contributed by atoms with Gasteiger partial charge in [0.05, 0.1) is 0 Å². The van der Waals surface area contributed by atoms with Gasteiger partial charge in [0.1, 0.15) is 0 Å². The van der Waals surface area contributed by atoms with Crippen molar-refractivity contribution in [2.24, 2.45) is 11.8 Å². The van der Waals surface area contributed by atoms with E-state index in [2.05, 4.69) is 12.2 Å². The highest BCUT2D eigenvalue weighted by Crippen LogP contribution is 2.34. The molecular weight excluding hydrogens is 170 g/mol. The fraction of sp³-hybridized carbons (Fsp3) is 1.00. The molecule has 0 spiro atoms. The number of nitrogens with one attached hydrogen (secondary N) is 1. The third-order valence-corrected chi connectivity index (χ3v) is 4.32. The van der Waals surface area contributed by atoms with Crippen molar-refractivity contribution < 1.29 is 0 Å². The SMILES string of the molecule is CCC1CCCC(C2CCCCN2)C1. The molecule has 2 fully saturated rings. The fourth-order valence-electron chi connectivity index (χ4n) is 3.35. The molecule has 0 radical (unpaired) electrons. The highest BCUT2D eigenvalue weighted by atomic mass is 14.9. The average Bonchev–Trinajstić information content (AvgIpc) is 2.30. The Morgan fingerprint density at radius 1 is 1.07 bits per heavy atom. The van der Waals surface area contributed by atoms with Gasteiger partial charge in [0.2, 0.25) is 0 Å². The number of rotatable bonds is 2. The molecule has 1 saturated heterocycles.